The maximum Gasteiger partial charge on any atom is 0.0666 e. The van der Waals surface area contributed by atoms with Gasteiger partial charge in [-0.15, -0.1) is 0 Å². The van der Waals surface area contributed by atoms with Crippen molar-refractivity contribution in [1.82, 2.24) is 0 Å². The monoisotopic (exact) mass is 135 g/mol. The third kappa shape index (κ3) is 2.23. The summed E-state index contributed by atoms with van der Waals surface area (Å²) >= 11 is 0. The van der Waals surface area contributed by atoms with Crippen molar-refractivity contribution in [2.24, 2.45) is 0 Å². The molecule has 0 N–H and O–H groups in total. The Kier molecular flexibility index (Phi) is 3.02. The largest absolute Gasteiger partial charge is 0.198 e. The van der Waals surface area contributed by atoms with Crippen molar-refractivity contribution in [1.29, 1.82) is 5.26 Å². The van der Waals surface area contributed by atoms with Crippen molar-refractivity contribution in [3.63, 3.8) is 0 Å². The summed E-state index contributed by atoms with van der Waals surface area (Å²) in [6, 6.07) is 2.20. The molecule has 0 saturated carbocycles. The summed E-state index contributed by atoms with van der Waals surface area (Å²) in [6.45, 7) is 0. The van der Waals surface area contributed by atoms with E-state index in [1.54, 1.807) is 0 Å². The Morgan fingerprint density at radius 3 is 3.10 bits per heavy atom. The van der Waals surface area contributed by atoms with Gasteiger partial charge in [0, 0.05) is 0 Å². The van der Waals surface area contributed by atoms with E-state index in [1.165, 1.54) is 31.3 Å². The Labute approximate surface area is 62.4 Å². The van der Waals surface area contributed by atoms with Gasteiger partial charge in [-0.2, -0.15) is 5.26 Å². The topological polar surface area (TPSA) is 23.8 Å². The molecule has 0 aliphatic heterocycles. The van der Waals surface area contributed by atoms with Crippen molar-refractivity contribution in [3.05, 3.63) is 11.6 Å². The highest BCUT2D eigenvalue weighted by Gasteiger charge is 2.00. The summed E-state index contributed by atoms with van der Waals surface area (Å²) < 4.78 is 0. The zero-order valence-electron chi connectivity index (χ0n) is 6.27. The van der Waals surface area contributed by atoms with Crippen LogP contribution in [0.1, 0.15) is 38.5 Å². The summed E-state index contributed by atoms with van der Waals surface area (Å²) in [5.74, 6) is 0. The molecule has 54 valence electrons. The molecule has 0 spiro atoms. The van der Waals surface area contributed by atoms with Gasteiger partial charge in [-0.05, 0) is 25.7 Å². The molecule has 0 radical (unpaired) electrons. The van der Waals surface area contributed by atoms with Gasteiger partial charge in [-0.3, -0.25) is 0 Å². The third-order valence-electron chi connectivity index (χ3n) is 1.94. The summed E-state index contributed by atoms with van der Waals surface area (Å²) in [4.78, 5) is 0. The van der Waals surface area contributed by atoms with E-state index in [0.717, 1.165) is 6.42 Å². The first-order valence-electron chi connectivity index (χ1n) is 3.98. The molecule has 0 aromatic rings. The molecular formula is C9H13N. The van der Waals surface area contributed by atoms with Gasteiger partial charge in [0.15, 0.2) is 0 Å². The number of rotatable bonds is 1. The van der Waals surface area contributed by atoms with E-state index in [-0.39, 0.29) is 0 Å². The smallest absolute Gasteiger partial charge is 0.0666 e. The van der Waals surface area contributed by atoms with E-state index < -0.39 is 0 Å². The van der Waals surface area contributed by atoms with Crippen molar-refractivity contribution in [3.8, 4) is 6.07 Å². The molecule has 1 nitrogen and oxygen atoms in total. The molecule has 0 atom stereocenters. The predicted molar refractivity (Wildman–Crippen MR) is 41.4 cm³/mol. The van der Waals surface area contributed by atoms with E-state index in [2.05, 4.69) is 12.1 Å². The zero-order valence-corrected chi connectivity index (χ0v) is 6.27. The second kappa shape index (κ2) is 4.11. The quantitative estimate of drug-likeness (QED) is 0.507. The Balaban J connectivity index is 2.40. The lowest BCUT2D eigenvalue weighted by Crippen LogP contribution is -1.78. The number of nitriles is 1. The maximum absolute atomic E-state index is 8.42. The summed E-state index contributed by atoms with van der Waals surface area (Å²) in [7, 11) is 0. The minimum atomic E-state index is 0.653. The van der Waals surface area contributed by atoms with Crippen molar-refractivity contribution in [2.45, 2.75) is 38.5 Å². The predicted octanol–water partition coefficient (Wildman–Crippen LogP) is 2.79. The number of hydrogen-bond acceptors (Lipinski definition) is 1. The maximum atomic E-state index is 8.42. The highest BCUT2D eigenvalue weighted by Crippen LogP contribution is 2.18. The van der Waals surface area contributed by atoms with Gasteiger partial charge in [0.25, 0.3) is 0 Å². The van der Waals surface area contributed by atoms with Crippen LogP contribution in [0.3, 0.4) is 0 Å². The lowest BCUT2D eigenvalue weighted by Gasteiger charge is -1.95. The normalized spacial score (nSPS) is 18.9. The van der Waals surface area contributed by atoms with Crippen LogP contribution >= 0.6 is 0 Å². The molecule has 0 heterocycles. The van der Waals surface area contributed by atoms with Gasteiger partial charge >= 0.3 is 0 Å². The Bertz CT molecular complexity index is 162. The summed E-state index contributed by atoms with van der Waals surface area (Å²) in [5, 5.41) is 8.42. The first kappa shape index (κ1) is 7.34. The van der Waals surface area contributed by atoms with Crippen LogP contribution in [-0.2, 0) is 0 Å². The molecule has 0 unspecified atom stereocenters. The molecule has 0 amide bonds. The Morgan fingerprint density at radius 2 is 2.30 bits per heavy atom. The molecule has 0 fully saturated rings. The van der Waals surface area contributed by atoms with E-state index >= 15 is 0 Å². The molecule has 1 aliphatic carbocycles. The van der Waals surface area contributed by atoms with Crippen LogP contribution in [0.15, 0.2) is 11.6 Å². The molecule has 10 heavy (non-hydrogen) atoms. The van der Waals surface area contributed by atoms with Crippen LogP contribution in [0.2, 0.25) is 0 Å². The first-order chi connectivity index (χ1) is 4.93. The molecular weight excluding hydrogens is 122 g/mol. The minimum absolute atomic E-state index is 0.653. The lowest BCUT2D eigenvalue weighted by molar-refractivity contribution is 0.708. The van der Waals surface area contributed by atoms with Crippen LogP contribution in [0.4, 0.5) is 0 Å². The van der Waals surface area contributed by atoms with E-state index in [9.17, 15) is 0 Å². The molecule has 1 rings (SSSR count). The first-order valence-corrected chi connectivity index (χ1v) is 3.98. The Hall–Kier alpha value is -0.770. The fourth-order valence-electron chi connectivity index (χ4n) is 1.34. The van der Waals surface area contributed by atoms with Crippen LogP contribution < -0.4 is 0 Å². The second-order valence-electron chi connectivity index (χ2n) is 2.80. The standard InChI is InChI=1S/C9H13N/c10-8-7-9-5-3-1-2-4-6-9/h5H,1-4,6-7H2. The number of nitrogens with zero attached hydrogens (tertiary/aromatic N) is 1. The van der Waals surface area contributed by atoms with E-state index in [4.69, 9.17) is 5.26 Å². The minimum Gasteiger partial charge on any atom is -0.198 e. The fraction of sp³-hybridized carbons (Fsp3) is 0.667. The van der Waals surface area contributed by atoms with Gasteiger partial charge in [0.1, 0.15) is 0 Å². The van der Waals surface area contributed by atoms with Crippen LogP contribution in [0.5, 0.6) is 0 Å². The SMILES string of the molecule is N#CCC1=CCCCCC1. The number of hydrogen-bond donors (Lipinski definition) is 0. The lowest BCUT2D eigenvalue weighted by atomic mass is 10.1. The fourth-order valence-corrected chi connectivity index (χ4v) is 1.34. The average molecular weight is 135 g/mol. The van der Waals surface area contributed by atoms with Gasteiger partial charge in [0.2, 0.25) is 0 Å². The molecule has 0 bridgehead atoms. The van der Waals surface area contributed by atoms with Crippen LogP contribution in [0.25, 0.3) is 0 Å². The molecule has 1 aliphatic rings. The molecule has 0 saturated heterocycles. The molecule has 1 heteroatoms. The summed E-state index contributed by atoms with van der Waals surface area (Å²) in [5.41, 5.74) is 1.36. The number of allylic oxidation sites excluding steroid dienone is 2. The van der Waals surface area contributed by atoms with Crippen LogP contribution in [0, 0.1) is 11.3 Å². The molecule has 0 aromatic carbocycles. The highest BCUT2D eigenvalue weighted by atomic mass is 14.2. The molecule has 0 aromatic heterocycles. The third-order valence-corrected chi connectivity index (χ3v) is 1.94. The van der Waals surface area contributed by atoms with Crippen molar-refractivity contribution < 1.29 is 0 Å². The highest BCUT2D eigenvalue weighted by molar-refractivity contribution is 5.08. The summed E-state index contributed by atoms with van der Waals surface area (Å²) in [6.07, 6.45) is 9.19. The zero-order chi connectivity index (χ0) is 7.23. The Morgan fingerprint density at radius 1 is 1.40 bits per heavy atom. The van der Waals surface area contributed by atoms with E-state index in [1.807, 2.05) is 0 Å². The van der Waals surface area contributed by atoms with E-state index in [0.29, 0.717) is 6.42 Å². The second-order valence-corrected chi connectivity index (χ2v) is 2.80. The average Bonchev–Trinajstić information content (AvgIpc) is 2.17. The van der Waals surface area contributed by atoms with Crippen molar-refractivity contribution >= 4 is 0 Å². The van der Waals surface area contributed by atoms with Crippen LogP contribution in [-0.4, -0.2) is 0 Å². The van der Waals surface area contributed by atoms with Gasteiger partial charge < -0.3 is 0 Å². The van der Waals surface area contributed by atoms with Crippen molar-refractivity contribution in [2.75, 3.05) is 0 Å². The van der Waals surface area contributed by atoms with Gasteiger partial charge in [-0.1, -0.05) is 18.1 Å². The van der Waals surface area contributed by atoms with Gasteiger partial charge in [-0.25, -0.2) is 0 Å². The van der Waals surface area contributed by atoms with Gasteiger partial charge in [0.05, 0.1) is 12.5 Å².